The molecule has 0 aliphatic carbocycles. The molecule has 0 aliphatic rings. The molecule has 0 aliphatic heterocycles. The Hall–Kier alpha value is 0.0800. The number of ether oxygens (including phenoxy) is 1. The molecule has 30 heavy (non-hydrogen) atoms. The monoisotopic (exact) mass is 487 g/mol. The van der Waals surface area contributed by atoms with E-state index < -0.39 is 13.9 Å². The standard InChI is InChI=1S/C20H42NO6PS2/c1-5-7-8-9-10-11-12-13-14-15-17-29-30-18-16-25-28(23,24)27-21(6-2)20(22)26-19(3)4/h19H,5-18H2,1-4H3,(H,23,24). The van der Waals surface area contributed by atoms with Crippen molar-refractivity contribution in [2.75, 3.05) is 24.7 Å². The van der Waals surface area contributed by atoms with E-state index in [1.807, 2.05) is 0 Å². The van der Waals surface area contributed by atoms with Crippen LogP contribution in [0.4, 0.5) is 4.79 Å². The zero-order valence-corrected chi connectivity index (χ0v) is 21.7. The predicted octanol–water partition coefficient (Wildman–Crippen LogP) is 7.20. The minimum absolute atomic E-state index is 0.0697. The van der Waals surface area contributed by atoms with Crippen molar-refractivity contribution >= 4 is 35.5 Å². The second kappa shape index (κ2) is 19.7. The Morgan fingerprint density at radius 3 is 2.00 bits per heavy atom. The van der Waals surface area contributed by atoms with Gasteiger partial charge < -0.3 is 9.63 Å². The maximum absolute atomic E-state index is 12.0. The number of unbranched alkanes of at least 4 members (excludes halogenated alkanes) is 9. The fourth-order valence-corrected chi connectivity index (χ4v) is 5.48. The molecular formula is C20H42NO6PS2. The first-order valence-corrected chi connectivity index (χ1v) is 15.2. The van der Waals surface area contributed by atoms with E-state index in [0.717, 1.165) is 5.75 Å². The highest BCUT2D eigenvalue weighted by atomic mass is 33.1. The predicted molar refractivity (Wildman–Crippen MR) is 128 cm³/mol. The van der Waals surface area contributed by atoms with Gasteiger partial charge in [-0.2, -0.15) is 9.69 Å². The molecule has 7 nitrogen and oxygen atoms in total. The van der Waals surface area contributed by atoms with Gasteiger partial charge in [-0.15, -0.1) is 0 Å². The molecule has 0 heterocycles. The SMILES string of the molecule is CCCCCCCCCCCCSSCCOP(=O)(O)ON(CC)C(=O)OC(C)C. The van der Waals surface area contributed by atoms with Crippen molar-refractivity contribution in [3.63, 3.8) is 0 Å². The lowest BCUT2D eigenvalue weighted by Gasteiger charge is -2.22. The average molecular weight is 488 g/mol. The number of amides is 1. The van der Waals surface area contributed by atoms with Gasteiger partial charge in [0.25, 0.3) is 0 Å². The van der Waals surface area contributed by atoms with Gasteiger partial charge in [-0.05, 0) is 27.2 Å². The number of nitrogens with zero attached hydrogens (tertiary/aromatic N) is 1. The quantitative estimate of drug-likeness (QED) is 0.0835. The van der Waals surface area contributed by atoms with E-state index in [2.05, 4.69) is 6.92 Å². The van der Waals surface area contributed by atoms with Crippen molar-refractivity contribution in [2.45, 2.75) is 98.0 Å². The van der Waals surface area contributed by atoms with E-state index in [9.17, 15) is 14.3 Å². The molecule has 0 aromatic carbocycles. The van der Waals surface area contributed by atoms with E-state index in [-0.39, 0.29) is 19.3 Å². The molecule has 0 fully saturated rings. The van der Waals surface area contributed by atoms with Gasteiger partial charge in [-0.1, -0.05) is 86.3 Å². The molecule has 0 aromatic heterocycles. The van der Waals surface area contributed by atoms with Crippen LogP contribution in [0.15, 0.2) is 0 Å². The van der Waals surface area contributed by atoms with E-state index in [1.54, 1.807) is 42.4 Å². The lowest BCUT2D eigenvalue weighted by molar-refractivity contribution is -0.0747. The third-order valence-corrected chi connectivity index (χ3v) is 7.48. The molecule has 0 radical (unpaired) electrons. The zero-order valence-electron chi connectivity index (χ0n) is 19.2. The Bertz CT molecular complexity index is 471. The topological polar surface area (TPSA) is 85.3 Å². The number of hydrogen-bond donors (Lipinski definition) is 1. The summed E-state index contributed by atoms with van der Waals surface area (Å²) >= 11 is 0. The van der Waals surface area contributed by atoms with Crippen LogP contribution in [0.5, 0.6) is 0 Å². The summed E-state index contributed by atoms with van der Waals surface area (Å²) in [6.07, 6.45) is 12.1. The molecule has 0 aromatic rings. The van der Waals surface area contributed by atoms with Crippen molar-refractivity contribution in [1.82, 2.24) is 5.06 Å². The molecule has 1 unspecified atom stereocenters. The van der Waals surface area contributed by atoms with Gasteiger partial charge in [0, 0.05) is 18.1 Å². The molecular weight excluding hydrogens is 445 g/mol. The molecule has 1 atom stereocenters. The molecule has 180 valence electrons. The van der Waals surface area contributed by atoms with Crippen LogP contribution < -0.4 is 0 Å². The number of phosphoric acid groups is 1. The second-order valence-corrected chi connectivity index (χ2v) is 11.4. The van der Waals surface area contributed by atoms with Gasteiger partial charge in [0.1, 0.15) is 0 Å². The first kappa shape index (κ1) is 30.1. The summed E-state index contributed by atoms with van der Waals surface area (Å²) in [5.41, 5.74) is 0. The van der Waals surface area contributed by atoms with E-state index >= 15 is 0 Å². The van der Waals surface area contributed by atoms with E-state index in [0.29, 0.717) is 10.8 Å². The lowest BCUT2D eigenvalue weighted by Crippen LogP contribution is -2.32. The summed E-state index contributed by atoms with van der Waals surface area (Å²) in [6.45, 7) is 7.37. The fraction of sp³-hybridized carbons (Fsp3) is 0.950. The van der Waals surface area contributed by atoms with Gasteiger partial charge in [-0.3, -0.25) is 4.52 Å². The van der Waals surface area contributed by atoms with Crippen molar-refractivity contribution in [3.05, 3.63) is 0 Å². The maximum atomic E-state index is 12.0. The van der Waals surface area contributed by atoms with Crippen LogP contribution in [0.1, 0.15) is 91.9 Å². The van der Waals surface area contributed by atoms with Gasteiger partial charge in [0.15, 0.2) is 0 Å². The summed E-state index contributed by atoms with van der Waals surface area (Å²) in [6, 6.07) is 0. The van der Waals surface area contributed by atoms with Crippen molar-refractivity contribution in [1.29, 1.82) is 0 Å². The van der Waals surface area contributed by atoms with Gasteiger partial charge >= 0.3 is 13.9 Å². The van der Waals surface area contributed by atoms with Gasteiger partial charge in [0.05, 0.1) is 12.7 Å². The van der Waals surface area contributed by atoms with Crippen LogP contribution in [-0.4, -0.2) is 46.8 Å². The molecule has 0 bridgehead atoms. The van der Waals surface area contributed by atoms with Crippen molar-refractivity contribution in [3.8, 4) is 0 Å². The third kappa shape index (κ3) is 18.8. The molecule has 0 saturated heterocycles. The normalized spacial score (nSPS) is 13.4. The Morgan fingerprint density at radius 2 is 1.47 bits per heavy atom. The third-order valence-electron chi connectivity index (χ3n) is 4.11. The molecule has 10 heteroatoms. The molecule has 1 amide bonds. The first-order valence-electron chi connectivity index (χ1n) is 11.2. The zero-order chi connectivity index (χ0) is 22.7. The Kier molecular flexibility index (Phi) is 19.8. The maximum Gasteiger partial charge on any atom is 0.494 e. The number of carbonyl (C=O) groups is 1. The fourth-order valence-electron chi connectivity index (χ4n) is 2.58. The second-order valence-electron chi connectivity index (χ2n) is 7.34. The van der Waals surface area contributed by atoms with Crippen LogP contribution in [0.25, 0.3) is 0 Å². The number of hydrogen-bond acceptors (Lipinski definition) is 7. The summed E-state index contributed by atoms with van der Waals surface area (Å²) in [5, 5.41) is 0.702. The van der Waals surface area contributed by atoms with Gasteiger partial charge in [0.2, 0.25) is 0 Å². The van der Waals surface area contributed by atoms with Crippen LogP contribution in [-0.2, 0) is 18.5 Å². The highest BCUT2D eigenvalue weighted by Crippen LogP contribution is 2.44. The molecule has 0 rings (SSSR count). The van der Waals surface area contributed by atoms with Crippen molar-refractivity contribution in [2.24, 2.45) is 0 Å². The van der Waals surface area contributed by atoms with Crippen LogP contribution in [0.2, 0.25) is 0 Å². The first-order chi connectivity index (χ1) is 14.3. The summed E-state index contributed by atoms with van der Waals surface area (Å²) in [7, 11) is -0.984. The molecule has 0 spiro atoms. The number of rotatable bonds is 20. The highest BCUT2D eigenvalue weighted by molar-refractivity contribution is 8.76. The lowest BCUT2D eigenvalue weighted by atomic mass is 10.1. The minimum Gasteiger partial charge on any atom is -0.445 e. The average Bonchev–Trinajstić information content (AvgIpc) is 2.68. The van der Waals surface area contributed by atoms with Gasteiger partial charge in [-0.25, -0.2) is 9.36 Å². The van der Waals surface area contributed by atoms with E-state index in [4.69, 9.17) is 13.9 Å². The number of phosphoric ester groups is 1. The number of carbonyl (C=O) groups excluding carboxylic acids is 1. The van der Waals surface area contributed by atoms with Crippen LogP contribution >= 0.6 is 29.4 Å². The Labute approximate surface area is 191 Å². The highest BCUT2D eigenvalue weighted by Gasteiger charge is 2.29. The van der Waals surface area contributed by atoms with Crippen molar-refractivity contribution < 1.29 is 28.1 Å². The van der Waals surface area contributed by atoms with Crippen LogP contribution in [0, 0.1) is 0 Å². The summed E-state index contributed by atoms with van der Waals surface area (Å²) in [4.78, 5) is 21.5. The smallest absolute Gasteiger partial charge is 0.445 e. The number of hydroxylamine groups is 2. The Balaban J connectivity index is 3.62. The summed E-state index contributed by atoms with van der Waals surface area (Å²) in [5.74, 6) is 1.64. The largest absolute Gasteiger partial charge is 0.494 e. The molecule has 1 N–H and O–H groups in total. The van der Waals surface area contributed by atoms with Crippen LogP contribution in [0.3, 0.4) is 0 Å². The molecule has 0 saturated carbocycles. The minimum atomic E-state index is -4.35. The Morgan fingerprint density at radius 1 is 0.933 bits per heavy atom. The van der Waals surface area contributed by atoms with E-state index in [1.165, 1.54) is 64.2 Å². The summed E-state index contributed by atoms with van der Waals surface area (Å²) < 4.78 is 26.6.